The predicted molar refractivity (Wildman–Crippen MR) is 84.3 cm³/mol. The van der Waals surface area contributed by atoms with Crippen LogP contribution in [-0.2, 0) is 9.53 Å². The van der Waals surface area contributed by atoms with Crippen LogP contribution in [-0.4, -0.2) is 36.6 Å². The molecule has 2 unspecified atom stereocenters. The maximum Gasteiger partial charge on any atom is 0.241 e. The average molecular weight is 308 g/mol. The lowest BCUT2D eigenvalue weighted by Crippen LogP contribution is -2.31. The zero-order chi connectivity index (χ0) is 14.8. The summed E-state index contributed by atoms with van der Waals surface area (Å²) in [6.45, 7) is 6.47. The smallest absolute Gasteiger partial charge is 0.241 e. The number of carbonyl (C=O) groups is 1. The third-order valence-electron chi connectivity index (χ3n) is 4.14. The van der Waals surface area contributed by atoms with Crippen molar-refractivity contribution in [1.29, 1.82) is 0 Å². The fraction of sp³-hybridized carbons (Fsp3) is 0.688. The van der Waals surface area contributed by atoms with E-state index in [-0.39, 0.29) is 18.1 Å². The topological polar surface area (TPSA) is 41.6 Å². The van der Waals surface area contributed by atoms with Crippen LogP contribution in [0.15, 0.2) is 12.1 Å². The van der Waals surface area contributed by atoms with E-state index < -0.39 is 0 Å². The minimum absolute atomic E-state index is 0.0367. The highest BCUT2D eigenvalue weighted by atomic mass is 32.1. The van der Waals surface area contributed by atoms with E-state index in [4.69, 9.17) is 4.74 Å². The Morgan fingerprint density at radius 1 is 1.43 bits per heavy atom. The number of thiophene rings is 1. The molecule has 2 heterocycles. The van der Waals surface area contributed by atoms with E-state index >= 15 is 0 Å². The molecule has 4 nitrogen and oxygen atoms in total. The molecule has 5 heteroatoms. The monoisotopic (exact) mass is 308 g/mol. The molecule has 21 heavy (non-hydrogen) atoms. The highest BCUT2D eigenvalue weighted by Gasteiger charge is 2.37. The first-order chi connectivity index (χ1) is 10.1. The maximum atomic E-state index is 12.3. The molecule has 1 aromatic rings. The summed E-state index contributed by atoms with van der Waals surface area (Å²) in [5.74, 6) is 1.01. The number of amides is 1. The van der Waals surface area contributed by atoms with Crippen molar-refractivity contribution >= 4 is 17.2 Å². The molecule has 1 saturated carbocycles. The largest absolute Gasteiger partial charge is 0.381 e. The molecule has 1 saturated heterocycles. The van der Waals surface area contributed by atoms with Gasteiger partial charge in [0, 0.05) is 29.5 Å². The van der Waals surface area contributed by atoms with E-state index in [1.54, 1.807) is 11.3 Å². The standard InChI is InChI=1S/C16H24N2O2S/c1-11-4-7-14(21-11)15-17-12(2)16(19)18(15)8-3-9-20-10-13-5-6-13/h4,7,12-13,15,17H,3,5-6,8-10H2,1-2H3. The van der Waals surface area contributed by atoms with Gasteiger partial charge >= 0.3 is 0 Å². The molecule has 2 aliphatic rings. The van der Waals surface area contributed by atoms with Gasteiger partial charge in [-0.25, -0.2) is 0 Å². The molecule has 116 valence electrons. The molecule has 0 aromatic carbocycles. The Bertz CT molecular complexity index is 498. The Labute approximate surface area is 130 Å². The summed E-state index contributed by atoms with van der Waals surface area (Å²) in [4.78, 5) is 16.8. The summed E-state index contributed by atoms with van der Waals surface area (Å²) in [7, 11) is 0. The van der Waals surface area contributed by atoms with Crippen LogP contribution in [0.5, 0.6) is 0 Å². The van der Waals surface area contributed by atoms with Crippen molar-refractivity contribution in [1.82, 2.24) is 10.2 Å². The zero-order valence-corrected chi connectivity index (χ0v) is 13.6. The fourth-order valence-corrected chi connectivity index (χ4v) is 3.67. The molecule has 1 aliphatic carbocycles. The summed E-state index contributed by atoms with van der Waals surface area (Å²) in [5, 5.41) is 3.40. The van der Waals surface area contributed by atoms with Crippen molar-refractivity contribution in [2.24, 2.45) is 5.92 Å². The second-order valence-electron chi connectivity index (χ2n) is 6.14. The van der Waals surface area contributed by atoms with Gasteiger partial charge in [0.1, 0.15) is 6.17 Å². The SMILES string of the molecule is Cc1ccc(C2NC(C)C(=O)N2CCCOCC2CC2)s1. The Balaban J connectivity index is 1.53. The Morgan fingerprint density at radius 3 is 2.90 bits per heavy atom. The van der Waals surface area contributed by atoms with Crippen molar-refractivity contribution in [2.45, 2.75) is 45.3 Å². The average Bonchev–Trinajstić information content (AvgIpc) is 3.12. The van der Waals surface area contributed by atoms with E-state index in [1.807, 2.05) is 11.8 Å². The lowest BCUT2D eigenvalue weighted by atomic mass is 10.3. The zero-order valence-electron chi connectivity index (χ0n) is 12.8. The Morgan fingerprint density at radius 2 is 2.24 bits per heavy atom. The van der Waals surface area contributed by atoms with Gasteiger partial charge in [0.25, 0.3) is 0 Å². The van der Waals surface area contributed by atoms with Gasteiger partial charge in [-0.2, -0.15) is 0 Å². The second-order valence-corrected chi connectivity index (χ2v) is 7.46. The minimum atomic E-state index is -0.0928. The minimum Gasteiger partial charge on any atom is -0.381 e. The van der Waals surface area contributed by atoms with Crippen LogP contribution >= 0.6 is 11.3 Å². The number of nitrogens with one attached hydrogen (secondary N) is 1. The summed E-state index contributed by atoms with van der Waals surface area (Å²) in [6.07, 6.45) is 3.60. The molecule has 0 radical (unpaired) electrons. The number of hydrogen-bond donors (Lipinski definition) is 1. The highest BCUT2D eigenvalue weighted by Crippen LogP contribution is 2.31. The van der Waals surface area contributed by atoms with E-state index in [0.29, 0.717) is 0 Å². The second kappa shape index (κ2) is 6.46. The van der Waals surface area contributed by atoms with Gasteiger partial charge < -0.3 is 9.64 Å². The van der Waals surface area contributed by atoms with Gasteiger partial charge in [-0.3, -0.25) is 10.1 Å². The van der Waals surface area contributed by atoms with Crippen LogP contribution in [0.4, 0.5) is 0 Å². The van der Waals surface area contributed by atoms with Crippen molar-refractivity contribution in [3.05, 3.63) is 21.9 Å². The predicted octanol–water partition coefficient (Wildman–Crippen LogP) is 2.69. The molecule has 3 rings (SSSR count). The molecule has 2 atom stereocenters. The molecular formula is C16H24N2O2S. The van der Waals surface area contributed by atoms with Crippen LogP contribution in [0.2, 0.25) is 0 Å². The quantitative estimate of drug-likeness (QED) is 0.788. The summed E-state index contributed by atoms with van der Waals surface area (Å²) in [6, 6.07) is 4.15. The third kappa shape index (κ3) is 3.65. The molecule has 0 spiro atoms. The number of nitrogens with zero attached hydrogens (tertiary/aromatic N) is 1. The molecule has 1 N–H and O–H groups in total. The lowest BCUT2D eigenvalue weighted by Gasteiger charge is -2.23. The summed E-state index contributed by atoms with van der Waals surface area (Å²) in [5.41, 5.74) is 0. The van der Waals surface area contributed by atoms with Crippen LogP contribution in [0.3, 0.4) is 0 Å². The van der Waals surface area contributed by atoms with Crippen molar-refractivity contribution in [3.63, 3.8) is 0 Å². The van der Waals surface area contributed by atoms with Crippen LogP contribution in [0, 0.1) is 12.8 Å². The first kappa shape index (κ1) is 15.0. The van der Waals surface area contributed by atoms with Gasteiger partial charge in [-0.1, -0.05) is 0 Å². The normalized spacial score (nSPS) is 25.8. The third-order valence-corrected chi connectivity index (χ3v) is 5.19. The van der Waals surface area contributed by atoms with Crippen LogP contribution < -0.4 is 5.32 Å². The van der Waals surface area contributed by atoms with Gasteiger partial charge in [-0.15, -0.1) is 11.3 Å². The Hall–Kier alpha value is -0.910. The molecule has 0 bridgehead atoms. The number of ether oxygens (including phenoxy) is 1. The first-order valence-electron chi connectivity index (χ1n) is 7.86. The number of rotatable bonds is 7. The summed E-state index contributed by atoms with van der Waals surface area (Å²) < 4.78 is 5.67. The fourth-order valence-electron chi connectivity index (χ4n) is 2.72. The van der Waals surface area contributed by atoms with Gasteiger partial charge in [0.15, 0.2) is 0 Å². The van der Waals surface area contributed by atoms with Crippen molar-refractivity contribution in [3.8, 4) is 0 Å². The molecule has 1 amide bonds. The van der Waals surface area contributed by atoms with E-state index in [0.717, 1.165) is 32.1 Å². The Kier molecular flexibility index (Phi) is 4.62. The number of carbonyl (C=O) groups excluding carboxylic acids is 1. The van der Waals surface area contributed by atoms with Crippen LogP contribution in [0.1, 0.15) is 42.1 Å². The van der Waals surface area contributed by atoms with Crippen molar-refractivity contribution in [2.75, 3.05) is 19.8 Å². The molecule has 1 aliphatic heterocycles. The highest BCUT2D eigenvalue weighted by molar-refractivity contribution is 7.12. The number of hydrogen-bond acceptors (Lipinski definition) is 4. The molecular weight excluding hydrogens is 284 g/mol. The maximum absolute atomic E-state index is 12.3. The van der Waals surface area contributed by atoms with Gasteiger partial charge in [0.05, 0.1) is 6.04 Å². The van der Waals surface area contributed by atoms with E-state index in [1.165, 1.54) is 22.6 Å². The molecule has 2 fully saturated rings. The lowest BCUT2D eigenvalue weighted by molar-refractivity contribution is -0.130. The summed E-state index contributed by atoms with van der Waals surface area (Å²) >= 11 is 1.76. The van der Waals surface area contributed by atoms with Crippen LogP contribution in [0.25, 0.3) is 0 Å². The number of aryl methyl sites for hydroxylation is 1. The first-order valence-corrected chi connectivity index (χ1v) is 8.67. The molecule has 1 aromatic heterocycles. The van der Waals surface area contributed by atoms with Gasteiger partial charge in [-0.05, 0) is 51.2 Å². The van der Waals surface area contributed by atoms with Crippen molar-refractivity contribution < 1.29 is 9.53 Å². The van der Waals surface area contributed by atoms with E-state index in [9.17, 15) is 4.79 Å². The van der Waals surface area contributed by atoms with Gasteiger partial charge in [0.2, 0.25) is 5.91 Å². The van der Waals surface area contributed by atoms with E-state index in [2.05, 4.69) is 24.4 Å².